The second-order valence-corrected chi connectivity index (χ2v) is 2.49. The molecule has 60 valence electrons. The molecule has 0 saturated carbocycles. The monoisotopic (exact) mass is 155 g/mol. The Balaban J connectivity index is 2.18. The molecule has 2 rings (SSSR count). The molecule has 2 aliphatic rings. The molecule has 0 fully saturated rings. The quantitative estimate of drug-likeness (QED) is 0.439. The van der Waals surface area contributed by atoms with E-state index in [-0.39, 0.29) is 6.03 Å². The second kappa shape index (κ2) is 2.43. The highest BCUT2D eigenvalue weighted by Gasteiger charge is 2.20. The maximum atomic E-state index is 10.8. The van der Waals surface area contributed by atoms with Gasteiger partial charge in [0.05, 0.1) is 0 Å². The molecular formula is C6H9N3O2. The third-order valence-electron chi connectivity index (χ3n) is 1.71. The molecule has 0 aromatic heterocycles. The number of hydroxylamine groups is 1. The Kier molecular flexibility index (Phi) is 1.43. The van der Waals surface area contributed by atoms with Crippen molar-refractivity contribution >= 4 is 6.03 Å². The molecule has 0 saturated heterocycles. The number of amides is 2. The molecule has 0 atom stereocenters. The third-order valence-corrected chi connectivity index (χ3v) is 1.71. The predicted octanol–water partition coefficient (Wildman–Crippen LogP) is -0.564. The van der Waals surface area contributed by atoms with Gasteiger partial charge < -0.3 is 10.2 Å². The van der Waals surface area contributed by atoms with Crippen molar-refractivity contribution in [3.05, 3.63) is 11.5 Å². The van der Waals surface area contributed by atoms with Crippen molar-refractivity contribution in [2.45, 2.75) is 6.42 Å². The number of hydrogen-bond acceptors (Lipinski definition) is 3. The molecule has 0 bridgehead atoms. The fourth-order valence-corrected chi connectivity index (χ4v) is 1.13. The highest BCUT2D eigenvalue weighted by Crippen LogP contribution is 2.12. The average Bonchev–Trinajstić information content (AvgIpc) is 2.04. The van der Waals surface area contributed by atoms with Gasteiger partial charge in [-0.2, -0.15) is 5.48 Å². The molecule has 11 heavy (non-hydrogen) atoms. The van der Waals surface area contributed by atoms with Gasteiger partial charge in [-0.25, -0.2) is 4.79 Å². The van der Waals surface area contributed by atoms with Crippen LogP contribution in [0.1, 0.15) is 6.42 Å². The Morgan fingerprint density at radius 2 is 2.36 bits per heavy atom. The molecule has 5 nitrogen and oxygen atoms in total. The van der Waals surface area contributed by atoms with E-state index >= 15 is 0 Å². The lowest BCUT2D eigenvalue weighted by Gasteiger charge is -2.25. The van der Waals surface area contributed by atoms with Crippen molar-refractivity contribution in [1.82, 2.24) is 16.1 Å². The van der Waals surface area contributed by atoms with E-state index in [4.69, 9.17) is 4.84 Å². The Hall–Kier alpha value is -1.23. The van der Waals surface area contributed by atoms with E-state index in [0.717, 1.165) is 18.5 Å². The van der Waals surface area contributed by atoms with Crippen LogP contribution in [0.4, 0.5) is 4.79 Å². The van der Waals surface area contributed by atoms with Crippen LogP contribution in [0, 0.1) is 0 Å². The molecule has 0 aliphatic carbocycles. The standard InChI is InChI=1S/C6H9N3O2/c10-6-7-3-4-1-2-8-11-5(4)9-6/h8H,1-3H2,(H2,7,9,10). The first-order chi connectivity index (χ1) is 5.36. The molecular weight excluding hydrogens is 146 g/mol. The molecule has 3 N–H and O–H groups in total. The normalized spacial score (nSPS) is 23.1. The van der Waals surface area contributed by atoms with Gasteiger partial charge in [0, 0.05) is 18.7 Å². The molecule has 0 unspecified atom stereocenters. The second-order valence-electron chi connectivity index (χ2n) is 2.49. The fraction of sp³-hybridized carbons (Fsp3) is 0.500. The van der Waals surface area contributed by atoms with Crippen molar-refractivity contribution < 1.29 is 9.63 Å². The van der Waals surface area contributed by atoms with Gasteiger partial charge in [0.2, 0.25) is 5.88 Å². The van der Waals surface area contributed by atoms with Crippen molar-refractivity contribution in [2.75, 3.05) is 13.1 Å². The van der Waals surface area contributed by atoms with Crippen LogP contribution in [0.25, 0.3) is 0 Å². The Morgan fingerprint density at radius 1 is 1.45 bits per heavy atom. The van der Waals surface area contributed by atoms with Gasteiger partial charge in [-0.3, -0.25) is 5.32 Å². The summed E-state index contributed by atoms with van der Waals surface area (Å²) < 4.78 is 0. The largest absolute Gasteiger partial charge is 0.390 e. The number of nitrogens with one attached hydrogen (secondary N) is 3. The number of carbonyl (C=O) groups is 1. The van der Waals surface area contributed by atoms with Crippen LogP contribution in [-0.2, 0) is 4.84 Å². The van der Waals surface area contributed by atoms with E-state index in [1.165, 1.54) is 0 Å². The average molecular weight is 155 g/mol. The smallest absolute Gasteiger partial charge is 0.321 e. The van der Waals surface area contributed by atoms with Gasteiger partial charge in [0.25, 0.3) is 0 Å². The third kappa shape index (κ3) is 1.14. The van der Waals surface area contributed by atoms with Gasteiger partial charge in [0.15, 0.2) is 0 Å². The zero-order valence-electron chi connectivity index (χ0n) is 5.94. The summed E-state index contributed by atoms with van der Waals surface area (Å²) in [5, 5.41) is 5.23. The first-order valence-corrected chi connectivity index (χ1v) is 3.53. The minimum absolute atomic E-state index is 0.201. The molecule has 0 spiro atoms. The summed E-state index contributed by atoms with van der Waals surface area (Å²) in [6.07, 6.45) is 0.919. The molecule has 2 heterocycles. The number of hydrogen-bond donors (Lipinski definition) is 3. The number of carbonyl (C=O) groups excluding carboxylic acids is 1. The SMILES string of the molecule is O=C1NCC2=C(N1)ONCC2. The van der Waals surface area contributed by atoms with Crippen molar-refractivity contribution in [1.29, 1.82) is 0 Å². The van der Waals surface area contributed by atoms with Crippen molar-refractivity contribution in [3.63, 3.8) is 0 Å². The van der Waals surface area contributed by atoms with E-state index in [9.17, 15) is 4.79 Å². The molecule has 0 radical (unpaired) electrons. The lowest BCUT2D eigenvalue weighted by Crippen LogP contribution is -2.46. The van der Waals surface area contributed by atoms with E-state index < -0.39 is 0 Å². The minimum Gasteiger partial charge on any atom is -0.390 e. The summed E-state index contributed by atoms with van der Waals surface area (Å²) in [4.78, 5) is 15.8. The summed E-state index contributed by atoms with van der Waals surface area (Å²) in [5.41, 5.74) is 3.82. The van der Waals surface area contributed by atoms with Crippen LogP contribution in [0.2, 0.25) is 0 Å². The van der Waals surface area contributed by atoms with Crippen LogP contribution >= 0.6 is 0 Å². The molecule has 0 aromatic rings. The predicted molar refractivity (Wildman–Crippen MR) is 37.3 cm³/mol. The molecule has 5 heteroatoms. The van der Waals surface area contributed by atoms with E-state index in [1.807, 2.05) is 0 Å². The first kappa shape index (κ1) is 6.48. The van der Waals surface area contributed by atoms with Gasteiger partial charge in [-0.05, 0) is 6.42 Å². The summed E-state index contributed by atoms with van der Waals surface area (Å²) in [6.45, 7) is 1.40. The van der Waals surface area contributed by atoms with Crippen LogP contribution in [-0.4, -0.2) is 19.1 Å². The van der Waals surface area contributed by atoms with Crippen molar-refractivity contribution in [3.8, 4) is 0 Å². The lowest BCUT2D eigenvalue weighted by atomic mass is 10.1. The van der Waals surface area contributed by atoms with Gasteiger partial charge in [0.1, 0.15) is 0 Å². The van der Waals surface area contributed by atoms with Crippen LogP contribution in [0.15, 0.2) is 11.5 Å². The molecule has 0 aromatic carbocycles. The topological polar surface area (TPSA) is 62.4 Å². The Labute approximate surface area is 63.7 Å². The summed E-state index contributed by atoms with van der Waals surface area (Å²) in [5.74, 6) is 0.569. The fourth-order valence-electron chi connectivity index (χ4n) is 1.13. The minimum atomic E-state index is -0.201. The number of rotatable bonds is 0. The highest BCUT2D eigenvalue weighted by atomic mass is 16.7. The van der Waals surface area contributed by atoms with Crippen LogP contribution in [0.3, 0.4) is 0 Å². The van der Waals surface area contributed by atoms with Gasteiger partial charge in [-0.1, -0.05) is 0 Å². The van der Waals surface area contributed by atoms with E-state index in [1.54, 1.807) is 0 Å². The zero-order valence-corrected chi connectivity index (χ0v) is 5.94. The zero-order chi connectivity index (χ0) is 7.68. The molecule has 2 amide bonds. The summed E-state index contributed by atoms with van der Waals surface area (Å²) in [7, 11) is 0. The highest BCUT2D eigenvalue weighted by molar-refractivity contribution is 5.77. The van der Waals surface area contributed by atoms with Crippen molar-refractivity contribution in [2.24, 2.45) is 0 Å². The van der Waals surface area contributed by atoms with E-state index in [2.05, 4.69) is 16.1 Å². The maximum absolute atomic E-state index is 10.8. The first-order valence-electron chi connectivity index (χ1n) is 3.53. The maximum Gasteiger partial charge on any atom is 0.321 e. The Morgan fingerprint density at radius 3 is 3.27 bits per heavy atom. The lowest BCUT2D eigenvalue weighted by molar-refractivity contribution is 0.0734. The summed E-state index contributed by atoms with van der Waals surface area (Å²) in [6, 6.07) is -0.201. The Bertz CT molecular complexity index is 224. The van der Waals surface area contributed by atoms with Gasteiger partial charge in [-0.15, -0.1) is 0 Å². The number of urea groups is 1. The van der Waals surface area contributed by atoms with Gasteiger partial charge >= 0.3 is 6.03 Å². The summed E-state index contributed by atoms with van der Waals surface area (Å²) >= 11 is 0. The van der Waals surface area contributed by atoms with Crippen LogP contribution in [0.5, 0.6) is 0 Å². The van der Waals surface area contributed by atoms with E-state index in [0.29, 0.717) is 12.4 Å². The van der Waals surface area contributed by atoms with Crippen LogP contribution < -0.4 is 16.1 Å². The molecule has 2 aliphatic heterocycles.